The van der Waals surface area contributed by atoms with Crippen LogP contribution in [-0.2, 0) is 9.59 Å². The van der Waals surface area contributed by atoms with Crippen LogP contribution in [0.2, 0.25) is 0 Å². The predicted molar refractivity (Wildman–Crippen MR) is 89.8 cm³/mol. The van der Waals surface area contributed by atoms with Crippen LogP contribution in [0.5, 0.6) is 0 Å². The molecule has 1 aromatic carbocycles. The molecule has 24 heavy (non-hydrogen) atoms. The molecule has 2 aliphatic heterocycles. The molecular weight excluding hydrogens is 307 g/mol. The van der Waals surface area contributed by atoms with Crippen LogP contribution in [0.25, 0.3) is 0 Å². The number of carbonyl (C=O) groups is 2. The molecular formula is C19H25FN2O2. The SMILES string of the molecule is O=C1CCCCN1CCC(=O)N1CCCC[C@@H]1c1ccc(F)cc1. The van der Waals surface area contributed by atoms with Crippen molar-refractivity contribution >= 4 is 11.8 Å². The highest BCUT2D eigenvalue weighted by Gasteiger charge is 2.28. The lowest BCUT2D eigenvalue weighted by Crippen LogP contribution is -2.42. The number of rotatable bonds is 4. The number of hydrogen-bond acceptors (Lipinski definition) is 2. The van der Waals surface area contributed by atoms with Crippen LogP contribution in [0.4, 0.5) is 4.39 Å². The summed E-state index contributed by atoms with van der Waals surface area (Å²) in [6.07, 6.45) is 5.98. The summed E-state index contributed by atoms with van der Waals surface area (Å²) < 4.78 is 13.2. The van der Waals surface area contributed by atoms with E-state index in [0.717, 1.165) is 50.8 Å². The van der Waals surface area contributed by atoms with Crippen molar-refractivity contribution in [3.63, 3.8) is 0 Å². The predicted octanol–water partition coefficient (Wildman–Crippen LogP) is 3.28. The maximum absolute atomic E-state index is 13.2. The van der Waals surface area contributed by atoms with Gasteiger partial charge in [0, 0.05) is 32.5 Å². The number of likely N-dealkylation sites (tertiary alicyclic amines) is 2. The van der Waals surface area contributed by atoms with Crippen molar-refractivity contribution in [1.29, 1.82) is 0 Å². The third-order valence-electron chi connectivity index (χ3n) is 5.09. The van der Waals surface area contributed by atoms with E-state index in [1.807, 2.05) is 9.80 Å². The van der Waals surface area contributed by atoms with Gasteiger partial charge in [0.25, 0.3) is 0 Å². The average molecular weight is 332 g/mol. The first-order valence-corrected chi connectivity index (χ1v) is 8.98. The van der Waals surface area contributed by atoms with E-state index in [1.54, 1.807) is 12.1 Å². The molecule has 1 atom stereocenters. The van der Waals surface area contributed by atoms with Gasteiger partial charge in [-0.3, -0.25) is 9.59 Å². The second-order valence-corrected chi connectivity index (χ2v) is 6.74. The molecule has 1 aromatic rings. The van der Waals surface area contributed by atoms with Gasteiger partial charge < -0.3 is 9.80 Å². The van der Waals surface area contributed by atoms with Gasteiger partial charge in [-0.15, -0.1) is 0 Å². The third kappa shape index (κ3) is 3.94. The molecule has 3 rings (SSSR count). The average Bonchev–Trinajstić information content (AvgIpc) is 2.61. The van der Waals surface area contributed by atoms with Gasteiger partial charge in [-0.25, -0.2) is 4.39 Å². The van der Waals surface area contributed by atoms with Crippen LogP contribution in [0, 0.1) is 5.82 Å². The molecule has 0 aromatic heterocycles. The molecule has 2 fully saturated rings. The van der Waals surface area contributed by atoms with E-state index in [-0.39, 0.29) is 23.7 Å². The summed E-state index contributed by atoms with van der Waals surface area (Å²) in [4.78, 5) is 28.3. The molecule has 2 heterocycles. The maximum Gasteiger partial charge on any atom is 0.224 e. The molecule has 0 radical (unpaired) electrons. The second kappa shape index (κ2) is 7.77. The van der Waals surface area contributed by atoms with Gasteiger partial charge in [-0.2, -0.15) is 0 Å². The lowest BCUT2D eigenvalue weighted by molar-refractivity contribution is -0.137. The molecule has 0 bridgehead atoms. The highest BCUT2D eigenvalue weighted by Crippen LogP contribution is 2.31. The Kier molecular flexibility index (Phi) is 5.48. The summed E-state index contributed by atoms with van der Waals surface area (Å²) in [6, 6.07) is 6.50. The third-order valence-corrected chi connectivity index (χ3v) is 5.09. The molecule has 130 valence electrons. The molecule has 2 saturated heterocycles. The van der Waals surface area contributed by atoms with Gasteiger partial charge in [-0.05, 0) is 49.8 Å². The Bertz CT molecular complexity index is 588. The first-order chi connectivity index (χ1) is 11.6. The summed E-state index contributed by atoms with van der Waals surface area (Å²) in [6.45, 7) is 2.03. The zero-order valence-corrected chi connectivity index (χ0v) is 14.0. The number of amides is 2. The van der Waals surface area contributed by atoms with Crippen LogP contribution in [0.3, 0.4) is 0 Å². The van der Waals surface area contributed by atoms with Crippen LogP contribution in [0.15, 0.2) is 24.3 Å². The first-order valence-electron chi connectivity index (χ1n) is 8.98. The van der Waals surface area contributed by atoms with E-state index in [2.05, 4.69) is 0 Å². The van der Waals surface area contributed by atoms with Crippen molar-refractivity contribution in [1.82, 2.24) is 9.80 Å². The standard InChI is InChI=1S/C19H25FN2O2/c20-16-9-7-15(8-10-16)17-5-1-4-13-22(17)19(24)11-14-21-12-3-2-6-18(21)23/h7-10,17H,1-6,11-14H2/t17-/m1/s1. The quantitative estimate of drug-likeness (QED) is 0.849. The van der Waals surface area contributed by atoms with E-state index in [1.165, 1.54) is 12.1 Å². The van der Waals surface area contributed by atoms with Crippen molar-refractivity contribution < 1.29 is 14.0 Å². The lowest BCUT2D eigenvalue weighted by atomic mass is 9.95. The molecule has 2 amide bonds. The number of piperidine rings is 2. The topological polar surface area (TPSA) is 40.6 Å². The maximum atomic E-state index is 13.2. The number of nitrogens with zero attached hydrogens (tertiary/aromatic N) is 2. The van der Waals surface area contributed by atoms with Gasteiger partial charge in [0.1, 0.15) is 5.82 Å². The summed E-state index contributed by atoms with van der Waals surface area (Å²) in [5.74, 6) is 0.0150. The van der Waals surface area contributed by atoms with Crippen molar-refractivity contribution in [3.05, 3.63) is 35.6 Å². The Morgan fingerprint density at radius 2 is 1.83 bits per heavy atom. The van der Waals surface area contributed by atoms with Gasteiger partial charge >= 0.3 is 0 Å². The smallest absolute Gasteiger partial charge is 0.224 e. The van der Waals surface area contributed by atoms with E-state index < -0.39 is 0 Å². The molecule has 5 heteroatoms. The Morgan fingerprint density at radius 3 is 2.58 bits per heavy atom. The van der Waals surface area contributed by atoms with Crippen LogP contribution < -0.4 is 0 Å². The Labute approximate surface area is 142 Å². The van der Waals surface area contributed by atoms with Crippen LogP contribution in [-0.4, -0.2) is 41.2 Å². The van der Waals surface area contributed by atoms with Gasteiger partial charge in [-0.1, -0.05) is 12.1 Å². The first kappa shape index (κ1) is 16.9. The zero-order chi connectivity index (χ0) is 16.9. The summed E-state index contributed by atoms with van der Waals surface area (Å²) in [5, 5.41) is 0. The van der Waals surface area contributed by atoms with E-state index in [4.69, 9.17) is 0 Å². The zero-order valence-electron chi connectivity index (χ0n) is 14.0. The molecule has 4 nitrogen and oxygen atoms in total. The minimum Gasteiger partial charge on any atom is -0.342 e. The fraction of sp³-hybridized carbons (Fsp3) is 0.579. The molecule has 0 aliphatic carbocycles. The van der Waals surface area contributed by atoms with Gasteiger partial charge in [0.15, 0.2) is 0 Å². The van der Waals surface area contributed by atoms with Crippen molar-refractivity contribution in [2.75, 3.05) is 19.6 Å². The number of hydrogen-bond donors (Lipinski definition) is 0. The minimum absolute atomic E-state index is 0.0314. The van der Waals surface area contributed by atoms with E-state index >= 15 is 0 Å². The molecule has 2 aliphatic rings. The van der Waals surface area contributed by atoms with Crippen molar-refractivity contribution in [2.24, 2.45) is 0 Å². The van der Waals surface area contributed by atoms with Gasteiger partial charge in [0.2, 0.25) is 11.8 Å². The highest BCUT2D eigenvalue weighted by atomic mass is 19.1. The fourth-order valence-corrected chi connectivity index (χ4v) is 3.73. The molecule has 0 saturated carbocycles. The Morgan fingerprint density at radius 1 is 1.08 bits per heavy atom. The number of halogens is 1. The largest absolute Gasteiger partial charge is 0.342 e. The van der Waals surface area contributed by atoms with Crippen LogP contribution >= 0.6 is 0 Å². The Balaban J connectivity index is 1.62. The van der Waals surface area contributed by atoms with E-state index in [0.29, 0.717) is 19.4 Å². The monoisotopic (exact) mass is 332 g/mol. The molecule has 0 N–H and O–H groups in total. The highest BCUT2D eigenvalue weighted by molar-refractivity contribution is 5.80. The number of carbonyl (C=O) groups excluding carboxylic acids is 2. The van der Waals surface area contributed by atoms with E-state index in [9.17, 15) is 14.0 Å². The Hall–Kier alpha value is -1.91. The van der Waals surface area contributed by atoms with Crippen molar-refractivity contribution in [3.8, 4) is 0 Å². The normalized spacial score (nSPS) is 21.9. The summed E-state index contributed by atoms with van der Waals surface area (Å²) in [7, 11) is 0. The lowest BCUT2D eigenvalue weighted by Gasteiger charge is -2.37. The van der Waals surface area contributed by atoms with Crippen molar-refractivity contribution in [2.45, 2.75) is 51.0 Å². The summed E-state index contributed by atoms with van der Waals surface area (Å²) >= 11 is 0. The molecule has 0 spiro atoms. The number of benzene rings is 1. The fourth-order valence-electron chi connectivity index (χ4n) is 3.73. The minimum atomic E-state index is -0.254. The van der Waals surface area contributed by atoms with Crippen LogP contribution in [0.1, 0.15) is 56.6 Å². The molecule has 0 unspecified atom stereocenters. The summed E-state index contributed by atoms with van der Waals surface area (Å²) in [5.41, 5.74) is 0.999. The second-order valence-electron chi connectivity index (χ2n) is 6.74. The van der Waals surface area contributed by atoms with Gasteiger partial charge in [0.05, 0.1) is 6.04 Å².